The number of aldehydes is 1. The van der Waals surface area contributed by atoms with E-state index in [0.717, 1.165) is 10.8 Å². The summed E-state index contributed by atoms with van der Waals surface area (Å²) < 4.78 is 22.5. The third-order valence-electron chi connectivity index (χ3n) is 7.25. The number of hydrogen-bond donors (Lipinski definition) is 2. The van der Waals surface area contributed by atoms with E-state index in [1.807, 2.05) is 0 Å². The number of phenolic OH excluding ortho intramolecular Hbond substituents is 1. The lowest BCUT2D eigenvalue weighted by molar-refractivity contribution is -0.162. The summed E-state index contributed by atoms with van der Waals surface area (Å²) in [6.45, 7) is 0. The minimum absolute atomic E-state index is 0.0346. The molecule has 5 aliphatic rings. The van der Waals surface area contributed by atoms with Crippen LogP contribution in [0, 0.1) is 0 Å². The number of amides is 2. The summed E-state index contributed by atoms with van der Waals surface area (Å²) in [4.78, 5) is 53.2. The number of methoxy groups -OCH3 is 1. The zero-order chi connectivity index (χ0) is 30.5. The highest BCUT2D eigenvalue weighted by Gasteiger charge is 2.70. The van der Waals surface area contributed by atoms with Crippen molar-refractivity contribution in [2.24, 2.45) is 0 Å². The lowest BCUT2D eigenvalue weighted by atomic mass is 10.0. The smallest absolute Gasteiger partial charge is 0.338 e. The molecule has 0 saturated carbocycles. The molecule has 5 aliphatic heterocycles. The first-order chi connectivity index (χ1) is 20.7. The van der Waals surface area contributed by atoms with E-state index in [1.54, 1.807) is 0 Å². The summed E-state index contributed by atoms with van der Waals surface area (Å²) in [5.74, 6) is -1.66. The lowest BCUT2D eigenvalue weighted by Crippen LogP contribution is -2.71. The van der Waals surface area contributed by atoms with Gasteiger partial charge in [0.25, 0.3) is 11.8 Å². The van der Waals surface area contributed by atoms with Gasteiger partial charge in [-0.2, -0.15) is 0 Å². The van der Waals surface area contributed by atoms with Gasteiger partial charge < -0.3 is 39.0 Å². The van der Waals surface area contributed by atoms with Gasteiger partial charge in [0.15, 0.2) is 28.4 Å². The Labute approximate surface area is 259 Å². The van der Waals surface area contributed by atoms with E-state index in [0.29, 0.717) is 6.29 Å². The van der Waals surface area contributed by atoms with Gasteiger partial charge in [0.2, 0.25) is 4.87 Å². The number of ether oxygens (including phenoxy) is 4. The topological polar surface area (TPSA) is 152 Å². The maximum absolute atomic E-state index is 13.8. The first-order valence-electron chi connectivity index (χ1n) is 12.5. The molecule has 7 rings (SSSR count). The van der Waals surface area contributed by atoms with E-state index in [1.165, 1.54) is 109 Å². The largest absolute Gasteiger partial charge is 0.504 e. The molecule has 0 aliphatic carbocycles. The predicted octanol–water partition coefficient (Wildman–Crippen LogP) is 3.72. The van der Waals surface area contributed by atoms with E-state index in [-0.39, 0.29) is 39.7 Å². The number of carbonyl (C=O) groups is 4. The fourth-order valence-corrected chi connectivity index (χ4v) is 12.4. The van der Waals surface area contributed by atoms with E-state index < -0.39 is 46.3 Å². The minimum Gasteiger partial charge on any atom is -0.504 e. The molecule has 5 heterocycles. The number of aromatic hydroxyl groups is 1. The van der Waals surface area contributed by atoms with E-state index >= 15 is 0 Å². The molecule has 224 valence electrons. The van der Waals surface area contributed by atoms with Crippen molar-refractivity contribution in [3.63, 3.8) is 0 Å². The maximum atomic E-state index is 13.8. The molecule has 1 spiro atoms. The number of rotatable bonds is 6. The van der Waals surface area contributed by atoms with Crippen LogP contribution in [0.1, 0.15) is 20.7 Å². The average molecular weight is 663 g/mol. The maximum Gasteiger partial charge on any atom is 0.338 e. The van der Waals surface area contributed by atoms with Gasteiger partial charge in [0, 0.05) is 18.2 Å². The van der Waals surface area contributed by atoms with Crippen molar-refractivity contribution in [3.05, 3.63) is 71.7 Å². The Morgan fingerprint density at radius 1 is 1.12 bits per heavy atom. The zero-order valence-corrected chi connectivity index (χ0v) is 25.5. The number of aliphatic hydroxyl groups excluding tert-OH is 1. The second-order valence-electron chi connectivity index (χ2n) is 9.60. The Kier molecular flexibility index (Phi) is 7.97. The molecule has 0 aromatic heterocycles. The molecular weight excluding hydrogens is 641 g/mol. The minimum atomic E-state index is -1.68. The molecule has 4 saturated heterocycles. The van der Waals surface area contributed by atoms with Crippen LogP contribution in [-0.2, 0) is 19.1 Å². The quantitative estimate of drug-likeness (QED) is 0.263. The van der Waals surface area contributed by atoms with Crippen LogP contribution in [0.5, 0.6) is 23.0 Å². The van der Waals surface area contributed by atoms with Gasteiger partial charge in [-0.3, -0.25) is 14.4 Å². The van der Waals surface area contributed by atoms with Gasteiger partial charge in [-0.05, 0) is 83.7 Å². The predicted molar refractivity (Wildman–Crippen MR) is 160 cm³/mol. The summed E-state index contributed by atoms with van der Waals surface area (Å²) in [5.41, 5.74) is 0.510. The van der Waals surface area contributed by atoms with Gasteiger partial charge in [-0.25, -0.2) is 4.79 Å². The molecule has 2 aromatic rings. The van der Waals surface area contributed by atoms with Crippen LogP contribution in [0.15, 0.2) is 60.6 Å². The average Bonchev–Trinajstić information content (AvgIpc) is 3.10. The molecule has 2 amide bonds. The van der Waals surface area contributed by atoms with Gasteiger partial charge in [-0.15, -0.1) is 0 Å². The van der Waals surface area contributed by atoms with Crippen LogP contribution in [0.25, 0.3) is 0 Å². The van der Waals surface area contributed by atoms with E-state index in [2.05, 4.69) is 0 Å². The first kappa shape index (κ1) is 29.6. The molecule has 0 radical (unpaired) electrons. The summed E-state index contributed by atoms with van der Waals surface area (Å²) in [7, 11) is 7.83. The molecular formula is C27H22N2O10S4. The number of likely N-dealkylation sites (N-methyl/N-ethyl adjacent to an activating group) is 1. The van der Waals surface area contributed by atoms with Crippen molar-refractivity contribution in [1.29, 1.82) is 0 Å². The van der Waals surface area contributed by atoms with Crippen molar-refractivity contribution in [2.45, 2.75) is 28.5 Å². The SMILES string of the molecule is COc1ccc(C(=O)O[C@H]2C=COC=C3[C@@H](O)[C@]45SSSS[C@H](C(=O)N4[C@@H]32)N(C)C5=O)cc1Oc1cc(C=O)ccc1O. The van der Waals surface area contributed by atoms with Crippen LogP contribution in [0.3, 0.4) is 0 Å². The fourth-order valence-electron chi connectivity index (χ4n) is 5.19. The second kappa shape index (κ2) is 11.6. The molecule has 2 bridgehead atoms. The van der Waals surface area contributed by atoms with Gasteiger partial charge in [0.1, 0.15) is 24.5 Å². The number of aliphatic hydroxyl groups is 1. The Bertz CT molecular complexity index is 1580. The number of esters is 1. The van der Waals surface area contributed by atoms with Gasteiger partial charge in [-0.1, -0.05) is 0 Å². The molecule has 0 unspecified atom stereocenters. The van der Waals surface area contributed by atoms with E-state index in [9.17, 15) is 29.4 Å². The van der Waals surface area contributed by atoms with Crippen molar-refractivity contribution >= 4 is 65.3 Å². The number of hydrogen-bond acceptors (Lipinski definition) is 14. The summed E-state index contributed by atoms with van der Waals surface area (Å²) in [6, 6.07) is 7.27. The van der Waals surface area contributed by atoms with Crippen molar-refractivity contribution < 1.29 is 48.3 Å². The van der Waals surface area contributed by atoms with Crippen LogP contribution < -0.4 is 9.47 Å². The summed E-state index contributed by atoms with van der Waals surface area (Å²) in [6.07, 6.45) is 2.02. The third kappa shape index (κ3) is 4.81. The molecule has 2 N–H and O–H groups in total. The van der Waals surface area contributed by atoms with E-state index in [4.69, 9.17) is 18.9 Å². The molecule has 16 heteroatoms. The van der Waals surface area contributed by atoms with Crippen molar-refractivity contribution in [3.8, 4) is 23.0 Å². The monoisotopic (exact) mass is 662 g/mol. The van der Waals surface area contributed by atoms with Crippen LogP contribution in [0.4, 0.5) is 0 Å². The zero-order valence-electron chi connectivity index (χ0n) is 22.3. The third-order valence-corrected chi connectivity index (χ3v) is 14.2. The standard InChI is InChI=1S/C27H22N2O10S4/c1-28-24-23(33)29-21-15(22(32)27(29,26(28)35)41-43-42-40-24)12-37-8-7-18(21)39-25(34)14-4-6-17(36-2)20(10-14)38-19-9-13(11-30)3-5-16(19)31/h3-12,18,21-22,24,31-32H,1-2H3/t18-,21-,22+,24+,27+/m0/s1. The lowest BCUT2D eigenvalue weighted by Gasteiger charge is -2.50. The van der Waals surface area contributed by atoms with Crippen LogP contribution in [0.2, 0.25) is 0 Å². The Morgan fingerprint density at radius 2 is 1.93 bits per heavy atom. The summed E-state index contributed by atoms with van der Waals surface area (Å²) >= 11 is 0. The molecule has 4 fully saturated rings. The molecule has 12 nitrogen and oxygen atoms in total. The Morgan fingerprint density at radius 3 is 2.70 bits per heavy atom. The van der Waals surface area contributed by atoms with Crippen LogP contribution in [-0.4, -0.2) is 86.7 Å². The van der Waals surface area contributed by atoms with Crippen LogP contribution >= 0.6 is 41.2 Å². The molecule has 5 atom stereocenters. The normalized spacial score (nSPS) is 27.7. The highest BCUT2D eigenvalue weighted by atomic mass is 33.7. The Hall–Kier alpha value is -3.44. The number of fused-ring (bicyclic) bond motifs is 5. The van der Waals surface area contributed by atoms with Gasteiger partial charge >= 0.3 is 5.97 Å². The number of phenols is 1. The first-order valence-corrected chi connectivity index (χ1v) is 17.4. The van der Waals surface area contributed by atoms with Crippen molar-refractivity contribution in [2.75, 3.05) is 14.2 Å². The van der Waals surface area contributed by atoms with Crippen molar-refractivity contribution in [1.82, 2.24) is 9.80 Å². The van der Waals surface area contributed by atoms with Gasteiger partial charge in [0.05, 0.1) is 25.2 Å². The molecule has 43 heavy (non-hydrogen) atoms. The highest BCUT2D eigenvalue weighted by molar-refractivity contribution is 9.26. The second-order valence-corrected chi connectivity index (χ2v) is 15.6. The fraction of sp³-hybridized carbons (Fsp3) is 0.259. The number of nitrogens with zero attached hydrogens (tertiary/aromatic N) is 2. The number of piperazine rings is 1. The number of benzene rings is 2. The molecule has 2 aromatic carbocycles. The highest BCUT2D eigenvalue weighted by Crippen LogP contribution is 2.62. The summed E-state index contributed by atoms with van der Waals surface area (Å²) in [5, 5.41) is 20.9. The Balaban J connectivity index is 1.33. The number of carbonyl (C=O) groups excluding carboxylic acids is 4.